The van der Waals surface area contributed by atoms with E-state index in [-0.39, 0.29) is 12.3 Å². The van der Waals surface area contributed by atoms with Gasteiger partial charge in [-0.2, -0.15) is 5.26 Å². The zero-order valence-electron chi connectivity index (χ0n) is 14.9. The molecule has 0 radical (unpaired) electrons. The van der Waals surface area contributed by atoms with Crippen molar-refractivity contribution in [3.8, 4) is 17.6 Å². The highest BCUT2D eigenvalue weighted by Gasteiger charge is 2.21. The zero-order chi connectivity index (χ0) is 18.4. The minimum absolute atomic E-state index is 0.264. The lowest BCUT2D eigenvalue weighted by atomic mass is 9.98. The number of nitrogens with one attached hydrogen (secondary N) is 1. The molecule has 2 rings (SSSR count). The molecule has 0 fully saturated rings. The molecule has 1 unspecified atom stereocenters. The number of hydrogen-bond acceptors (Lipinski definition) is 4. The van der Waals surface area contributed by atoms with Crippen molar-refractivity contribution in [1.29, 1.82) is 5.26 Å². The highest BCUT2D eigenvalue weighted by molar-refractivity contribution is 5.95. The van der Waals surface area contributed by atoms with Crippen LogP contribution in [0, 0.1) is 31.1 Å². The van der Waals surface area contributed by atoms with E-state index in [4.69, 9.17) is 9.47 Å². The summed E-state index contributed by atoms with van der Waals surface area (Å²) in [5, 5.41) is 12.3. The first-order valence-electron chi connectivity index (χ1n) is 7.97. The average molecular weight is 338 g/mol. The standard InChI is InChI=1S/C20H22N2O3/c1-13-5-6-14(2)18(9-13)22-20(23)16(12-21)10-15-7-8-17(24-3)11-19(15)25-4/h5-9,11,16H,10H2,1-4H3,(H,22,23). The van der Waals surface area contributed by atoms with Crippen LogP contribution in [0.3, 0.4) is 0 Å². The van der Waals surface area contributed by atoms with Gasteiger partial charge in [0.15, 0.2) is 0 Å². The Labute approximate surface area is 148 Å². The Morgan fingerprint density at radius 1 is 1.16 bits per heavy atom. The van der Waals surface area contributed by atoms with Crippen molar-refractivity contribution in [2.75, 3.05) is 19.5 Å². The summed E-state index contributed by atoms with van der Waals surface area (Å²) in [6.07, 6.45) is 0.264. The number of anilines is 1. The molecule has 0 aliphatic carbocycles. The first-order valence-corrected chi connectivity index (χ1v) is 7.97. The summed E-state index contributed by atoms with van der Waals surface area (Å²) in [6, 6.07) is 13.3. The van der Waals surface area contributed by atoms with E-state index in [2.05, 4.69) is 11.4 Å². The number of methoxy groups -OCH3 is 2. The quantitative estimate of drug-likeness (QED) is 0.873. The summed E-state index contributed by atoms with van der Waals surface area (Å²) >= 11 is 0. The molecule has 0 aliphatic heterocycles. The topological polar surface area (TPSA) is 71.3 Å². The fourth-order valence-electron chi connectivity index (χ4n) is 2.53. The van der Waals surface area contributed by atoms with Crippen LogP contribution < -0.4 is 14.8 Å². The van der Waals surface area contributed by atoms with Crippen LogP contribution in [0.15, 0.2) is 36.4 Å². The van der Waals surface area contributed by atoms with Crippen molar-refractivity contribution in [2.24, 2.45) is 5.92 Å². The third kappa shape index (κ3) is 4.51. The highest BCUT2D eigenvalue weighted by atomic mass is 16.5. The summed E-state index contributed by atoms with van der Waals surface area (Å²) in [6.45, 7) is 3.88. The molecule has 0 aliphatic rings. The Kier molecular flexibility index (Phi) is 6.02. The minimum Gasteiger partial charge on any atom is -0.497 e. The number of benzene rings is 2. The lowest BCUT2D eigenvalue weighted by molar-refractivity contribution is -0.118. The van der Waals surface area contributed by atoms with Crippen LogP contribution in [-0.2, 0) is 11.2 Å². The van der Waals surface area contributed by atoms with Crippen molar-refractivity contribution < 1.29 is 14.3 Å². The van der Waals surface area contributed by atoms with Crippen molar-refractivity contribution in [2.45, 2.75) is 20.3 Å². The first-order chi connectivity index (χ1) is 12.0. The molecule has 0 bridgehead atoms. The first kappa shape index (κ1) is 18.3. The van der Waals surface area contributed by atoms with Gasteiger partial charge < -0.3 is 14.8 Å². The fraction of sp³-hybridized carbons (Fsp3) is 0.300. The van der Waals surface area contributed by atoms with Crippen LogP contribution in [0.5, 0.6) is 11.5 Å². The summed E-state index contributed by atoms with van der Waals surface area (Å²) < 4.78 is 10.5. The van der Waals surface area contributed by atoms with Gasteiger partial charge in [0.1, 0.15) is 17.4 Å². The van der Waals surface area contributed by atoms with Gasteiger partial charge in [0.25, 0.3) is 0 Å². The third-order valence-corrected chi connectivity index (χ3v) is 4.04. The second kappa shape index (κ2) is 8.20. The van der Waals surface area contributed by atoms with E-state index in [1.807, 2.05) is 38.1 Å². The summed E-state index contributed by atoms with van der Waals surface area (Å²) in [7, 11) is 3.12. The van der Waals surface area contributed by atoms with Gasteiger partial charge in [0.05, 0.1) is 20.3 Å². The molecule has 2 aromatic rings. The molecule has 1 atom stereocenters. The molecule has 0 aromatic heterocycles. The monoisotopic (exact) mass is 338 g/mol. The van der Waals surface area contributed by atoms with Crippen LogP contribution in [0.1, 0.15) is 16.7 Å². The van der Waals surface area contributed by atoms with Gasteiger partial charge in [-0.05, 0) is 42.7 Å². The number of carbonyl (C=O) groups excluding carboxylic acids is 1. The van der Waals surface area contributed by atoms with Gasteiger partial charge in [0, 0.05) is 18.2 Å². The van der Waals surface area contributed by atoms with E-state index >= 15 is 0 Å². The van der Waals surface area contributed by atoms with Gasteiger partial charge in [-0.25, -0.2) is 0 Å². The number of amides is 1. The summed E-state index contributed by atoms with van der Waals surface area (Å²) in [5.74, 6) is 0.115. The Bertz CT molecular complexity index is 809. The Balaban J connectivity index is 2.18. The Morgan fingerprint density at radius 3 is 2.56 bits per heavy atom. The van der Waals surface area contributed by atoms with E-state index < -0.39 is 5.92 Å². The molecule has 130 valence electrons. The van der Waals surface area contributed by atoms with Crippen LogP contribution in [-0.4, -0.2) is 20.1 Å². The lowest BCUT2D eigenvalue weighted by Gasteiger charge is -2.15. The predicted octanol–water partition coefficient (Wildman–Crippen LogP) is 3.64. The summed E-state index contributed by atoms with van der Waals surface area (Å²) in [4.78, 5) is 12.5. The molecule has 0 heterocycles. The summed E-state index contributed by atoms with van der Waals surface area (Å²) in [5.41, 5.74) is 3.52. The highest BCUT2D eigenvalue weighted by Crippen LogP contribution is 2.27. The molecular weight excluding hydrogens is 316 g/mol. The molecule has 1 amide bonds. The normalized spacial score (nSPS) is 11.3. The number of aryl methyl sites for hydroxylation is 2. The average Bonchev–Trinajstić information content (AvgIpc) is 2.62. The molecule has 0 saturated heterocycles. The molecule has 0 saturated carbocycles. The van der Waals surface area contributed by atoms with E-state index in [0.29, 0.717) is 11.5 Å². The molecule has 1 N–H and O–H groups in total. The number of ether oxygens (including phenoxy) is 2. The van der Waals surface area contributed by atoms with E-state index in [9.17, 15) is 10.1 Å². The van der Waals surface area contributed by atoms with Crippen LogP contribution >= 0.6 is 0 Å². The van der Waals surface area contributed by atoms with E-state index in [0.717, 1.165) is 22.4 Å². The van der Waals surface area contributed by atoms with Gasteiger partial charge in [-0.3, -0.25) is 4.79 Å². The van der Waals surface area contributed by atoms with E-state index in [1.165, 1.54) is 0 Å². The van der Waals surface area contributed by atoms with Gasteiger partial charge in [0.2, 0.25) is 5.91 Å². The SMILES string of the molecule is COc1ccc(CC(C#N)C(=O)Nc2cc(C)ccc2C)c(OC)c1. The second-order valence-electron chi connectivity index (χ2n) is 5.87. The minimum atomic E-state index is -0.817. The molecular formula is C20H22N2O3. The maximum Gasteiger partial charge on any atom is 0.242 e. The van der Waals surface area contributed by atoms with Crippen LogP contribution in [0.25, 0.3) is 0 Å². The molecule has 0 spiro atoms. The van der Waals surface area contributed by atoms with Gasteiger partial charge in [-0.1, -0.05) is 18.2 Å². The largest absolute Gasteiger partial charge is 0.497 e. The zero-order valence-corrected chi connectivity index (χ0v) is 14.9. The number of nitrogens with zero attached hydrogens (tertiary/aromatic N) is 1. The number of hydrogen-bond donors (Lipinski definition) is 1. The van der Waals surface area contributed by atoms with Crippen LogP contribution in [0.4, 0.5) is 5.69 Å². The smallest absolute Gasteiger partial charge is 0.242 e. The van der Waals surface area contributed by atoms with Crippen molar-refractivity contribution in [3.05, 3.63) is 53.1 Å². The fourth-order valence-corrected chi connectivity index (χ4v) is 2.53. The number of carbonyl (C=O) groups is 1. The molecule has 2 aromatic carbocycles. The van der Waals surface area contributed by atoms with Crippen molar-refractivity contribution in [1.82, 2.24) is 0 Å². The van der Waals surface area contributed by atoms with E-state index in [1.54, 1.807) is 26.4 Å². The van der Waals surface area contributed by atoms with Crippen molar-refractivity contribution >= 4 is 11.6 Å². The number of rotatable bonds is 6. The van der Waals surface area contributed by atoms with Crippen molar-refractivity contribution in [3.63, 3.8) is 0 Å². The van der Waals surface area contributed by atoms with Crippen LogP contribution in [0.2, 0.25) is 0 Å². The molecule has 5 heteroatoms. The molecule has 25 heavy (non-hydrogen) atoms. The lowest BCUT2D eigenvalue weighted by Crippen LogP contribution is -2.24. The maximum atomic E-state index is 12.5. The predicted molar refractivity (Wildman–Crippen MR) is 96.9 cm³/mol. The van der Waals surface area contributed by atoms with Gasteiger partial charge in [-0.15, -0.1) is 0 Å². The maximum absolute atomic E-state index is 12.5. The Hall–Kier alpha value is -3.00. The molecule has 5 nitrogen and oxygen atoms in total. The number of nitriles is 1. The third-order valence-electron chi connectivity index (χ3n) is 4.04. The second-order valence-corrected chi connectivity index (χ2v) is 5.87. The Morgan fingerprint density at radius 2 is 1.92 bits per heavy atom. The van der Waals surface area contributed by atoms with Gasteiger partial charge >= 0.3 is 0 Å².